The Morgan fingerprint density at radius 1 is 1.42 bits per heavy atom. The molecule has 0 aliphatic heterocycles. The largest absolute Gasteiger partial charge is 0.370 e. The molecule has 0 atom stereocenters. The molecule has 5 heteroatoms. The van der Waals surface area contributed by atoms with Crippen LogP contribution in [-0.2, 0) is 4.79 Å². The fraction of sp³-hybridized carbons (Fsp3) is 0.857. The topological polar surface area (TPSA) is 55.1 Å². The van der Waals surface area contributed by atoms with Gasteiger partial charge in [0.2, 0.25) is 5.91 Å². The van der Waals surface area contributed by atoms with Crippen molar-refractivity contribution in [2.24, 2.45) is 5.73 Å². The van der Waals surface area contributed by atoms with Crippen LogP contribution in [0.4, 0.5) is 8.78 Å². The average molecular weight is 180 g/mol. The van der Waals surface area contributed by atoms with Crippen LogP contribution in [0.15, 0.2) is 0 Å². The predicted octanol–water partition coefficient (Wildman–Crippen LogP) is 0.497. The molecule has 0 radical (unpaired) electrons. The number of nitrogens with two attached hydrogens (primary N) is 1. The van der Waals surface area contributed by atoms with Gasteiger partial charge in [-0.2, -0.15) is 0 Å². The SMILES string of the molecule is NC(=O)CCCCNCC(F)F. The number of nitrogens with one attached hydrogen (secondary N) is 1. The van der Waals surface area contributed by atoms with Crippen LogP contribution >= 0.6 is 0 Å². The Kier molecular flexibility index (Phi) is 6.55. The van der Waals surface area contributed by atoms with Crippen molar-refractivity contribution >= 4 is 5.91 Å². The van der Waals surface area contributed by atoms with Crippen LogP contribution in [0.1, 0.15) is 19.3 Å². The maximum absolute atomic E-state index is 11.5. The van der Waals surface area contributed by atoms with Crippen molar-refractivity contribution in [1.29, 1.82) is 0 Å². The molecule has 3 N–H and O–H groups in total. The molecular weight excluding hydrogens is 166 g/mol. The van der Waals surface area contributed by atoms with Gasteiger partial charge in [-0.15, -0.1) is 0 Å². The summed E-state index contributed by atoms with van der Waals surface area (Å²) in [6.45, 7) is 0.230. The zero-order valence-corrected chi connectivity index (χ0v) is 6.85. The number of amides is 1. The summed E-state index contributed by atoms with van der Waals surface area (Å²) in [6, 6.07) is 0. The maximum atomic E-state index is 11.5. The van der Waals surface area contributed by atoms with Crippen LogP contribution in [-0.4, -0.2) is 25.4 Å². The molecule has 0 aliphatic carbocycles. The fourth-order valence-electron chi connectivity index (χ4n) is 0.760. The molecule has 0 unspecified atom stereocenters. The number of unbranched alkanes of at least 4 members (excludes halogenated alkanes) is 1. The molecule has 0 aromatic rings. The van der Waals surface area contributed by atoms with Gasteiger partial charge < -0.3 is 11.1 Å². The molecule has 72 valence electrons. The van der Waals surface area contributed by atoms with Crippen LogP contribution in [0.5, 0.6) is 0 Å². The number of hydrogen-bond acceptors (Lipinski definition) is 2. The normalized spacial score (nSPS) is 10.6. The number of halogens is 2. The lowest BCUT2D eigenvalue weighted by atomic mass is 10.2. The molecular formula is C7H14F2N2O. The highest BCUT2D eigenvalue weighted by atomic mass is 19.3. The summed E-state index contributed by atoms with van der Waals surface area (Å²) in [5, 5.41) is 2.56. The molecule has 0 heterocycles. The lowest BCUT2D eigenvalue weighted by molar-refractivity contribution is -0.118. The van der Waals surface area contributed by atoms with Gasteiger partial charge in [-0.05, 0) is 19.4 Å². The van der Waals surface area contributed by atoms with Crippen molar-refractivity contribution in [1.82, 2.24) is 5.32 Å². The van der Waals surface area contributed by atoms with E-state index in [1.54, 1.807) is 0 Å². The number of hydrogen-bond donors (Lipinski definition) is 2. The molecule has 0 saturated carbocycles. The van der Waals surface area contributed by atoms with Gasteiger partial charge in [-0.3, -0.25) is 4.79 Å². The standard InChI is InChI=1S/C7H14F2N2O/c8-6(9)5-11-4-2-1-3-7(10)12/h6,11H,1-5H2,(H2,10,12). The van der Waals surface area contributed by atoms with Crippen LogP contribution in [0, 0.1) is 0 Å². The third-order valence-electron chi connectivity index (χ3n) is 1.33. The Balaban J connectivity index is 2.96. The summed E-state index contributed by atoms with van der Waals surface area (Å²) in [7, 11) is 0. The summed E-state index contributed by atoms with van der Waals surface area (Å²) < 4.78 is 23.1. The van der Waals surface area contributed by atoms with Gasteiger partial charge in [0.05, 0.1) is 6.54 Å². The van der Waals surface area contributed by atoms with Gasteiger partial charge in [0.15, 0.2) is 0 Å². The molecule has 0 fully saturated rings. The highest BCUT2D eigenvalue weighted by Crippen LogP contribution is 1.93. The molecule has 1 amide bonds. The van der Waals surface area contributed by atoms with E-state index in [1.807, 2.05) is 0 Å². The second-order valence-corrected chi connectivity index (χ2v) is 2.52. The first-order valence-electron chi connectivity index (χ1n) is 3.90. The van der Waals surface area contributed by atoms with Crippen molar-refractivity contribution in [3.05, 3.63) is 0 Å². The monoisotopic (exact) mass is 180 g/mol. The van der Waals surface area contributed by atoms with Crippen molar-refractivity contribution in [2.75, 3.05) is 13.1 Å². The smallest absolute Gasteiger partial charge is 0.250 e. The summed E-state index contributed by atoms with van der Waals surface area (Å²) >= 11 is 0. The van der Waals surface area contributed by atoms with E-state index in [0.29, 0.717) is 25.8 Å². The number of alkyl halides is 2. The molecule has 3 nitrogen and oxygen atoms in total. The van der Waals surface area contributed by atoms with E-state index in [4.69, 9.17) is 5.73 Å². The fourth-order valence-corrected chi connectivity index (χ4v) is 0.760. The van der Waals surface area contributed by atoms with Crippen LogP contribution in [0.2, 0.25) is 0 Å². The second-order valence-electron chi connectivity index (χ2n) is 2.52. The predicted molar refractivity (Wildman–Crippen MR) is 41.9 cm³/mol. The Morgan fingerprint density at radius 2 is 2.08 bits per heavy atom. The van der Waals surface area contributed by atoms with Crippen molar-refractivity contribution in [3.8, 4) is 0 Å². The van der Waals surface area contributed by atoms with Crippen LogP contribution in [0.25, 0.3) is 0 Å². The van der Waals surface area contributed by atoms with Crippen molar-refractivity contribution in [3.63, 3.8) is 0 Å². The molecule has 0 saturated heterocycles. The van der Waals surface area contributed by atoms with Crippen molar-refractivity contribution < 1.29 is 13.6 Å². The van der Waals surface area contributed by atoms with E-state index in [-0.39, 0.29) is 12.5 Å². The summed E-state index contributed by atoms with van der Waals surface area (Å²) in [5.74, 6) is -0.344. The van der Waals surface area contributed by atoms with E-state index in [0.717, 1.165) is 0 Å². The minimum Gasteiger partial charge on any atom is -0.370 e. The van der Waals surface area contributed by atoms with E-state index in [9.17, 15) is 13.6 Å². The third kappa shape index (κ3) is 9.29. The number of carbonyl (C=O) groups is 1. The van der Waals surface area contributed by atoms with Crippen LogP contribution < -0.4 is 11.1 Å². The number of carbonyl (C=O) groups excluding carboxylic acids is 1. The van der Waals surface area contributed by atoms with Gasteiger partial charge in [0.25, 0.3) is 6.43 Å². The van der Waals surface area contributed by atoms with Gasteiger partial charge in [0, 0.05) is 6.42 Å². The first kappa shape index (κ1) is 11.3. The summed E-state index contributed by atoms with van der Waals surface area (Å²) in [4.78, 5) is 10.2. The van der Waals surface area contributed by atoms with E-state index < -0.39 is 6.43 Å². The van der Waals surface area contributed by atoms with Crippen LogP contribution in [0.3, 0.4) is 0 Å². The number of primary amides is 1. The zero-order chi connectivity index (χ0) is 9.40. The zero-order valence-electron chi connectivity index (χ0n) is 6.85. The summed E-state index contributed by atoms with van der Waals surface area (Å²) in [5.41, 5.74) is 4.88. The Labute approximate surface area is 70.3 Å². The molecule has 0 aromatic carbocycles. The minimum atomic E-state index is -2.30. The highest BCUT2D eigenvalue weighted by Gasteiger charge is 1.99. The molecule has 0 rings (SSSR count). The average Bonchev–Trinajstić information content (AvgIpc) is 1.95. The first-order valence-corrected chi connectivity index (χ1v) is 3.90. The molecule has 0 aromatic heterocycles. The lowest BCUT2D eigenvalue weighted by Crippen LogP contribution is -2.22. The van der Waals surface area contributed by atoms with E-state index in [2.05, 4.69) is 5.32 Å². The molecule has 0 bridgehead atoms. The second kappa shape index (κ2) is 6.97. The highest BCUT2D eigenvalue weighted by molar-refractivity contribution is 5.73. The van der Waals surface area contributed by atoms with Gasteiger partial charge in [-0.1, -0.05) is 0 Å². The number of rotatable bonds is 7. The minimum absolute atomic E-state index is 0.281. The van der Waals surface area contributed by atoms with Gasteiger partial charge >= 0.3 is 0 Å². The summed E-state index contributed by atoms with van der Waals surface area (Å²) in [6.07, 6.45) is -0.612. The quantitative estimate of drug-likeness (QED) is 0.560. The van der Waals surface area contributed by atoms with Gasteiger partial charge in [0.1, 0.15) is 0 Å². The van der Waals surface area contributed by atoms with Crippen molar-refractivity contribution in [2.45, 2.75) is 25.7 Å². The van der Waals surface area contributed by atoms with Gasteiger partial charge in [-0.25, -0.2) is 8.78 Å². The maximum Gasteiger partial charge on any atom is 0.250 e. The molecule has 0 spiro atoms. The Bertz CT molecular complexity index is 131. The van der Waals surface area contributed by atoms with E-state index >= 15 is 0 Å². The Morgan fingerprint density at radius 3 is 2.58 bits per heavy atom. The third-order valence-corrected chi connectivity index (χ3v) is 1.33. The first-order chi connectivity index (χ1) is 5.63. The molecule has 0 aliphatic rings. The van der Waals surface area contributed by atoms with E-state index in [1.165, 1.54) is 0 Å². The lowest BCUT2D eigenvalue weighted by Gasteiger charge is -2.02. The Hall–Kier alpha value is -0.710. The molecule has 12 heavy (non-hydrogen) atoms.